The molecule has 120 valence electrons. The summed E-state index contributed by atoms with van der Waals surface area (Å²) < 4.78 is 15.1. The van der Waals surface area contributed by atoms with Gasteiger partial charge in [0.25, 0.3) is 0 Å². The van der Waals surface area contributed by atoms with Crippen LogP contribution >= 0.6 is 0 Å². The fourth-order valence-corrected chi connectivity index (χ4v) is 2.01. The van der Waals surface area contributed by atoms with E-state index in [0.717, 1.165) is 32.8 Å². The van der Waals surface area contributed by atoms with Crippen molar-refractivity contribution in [1.29, 1.82) is 0 Å². The van der Waals surface area contributed by atoms with Gasteiger partial charge >= 0.3 is 11.9 Å². The van der Waals surface area contributed by atoms with Crippen LogP contribution < -0.4 is 0 Å². The van der Waals surface area contributed by atoms with E-state index in [1.165, 1.54) is 0 Å². The molecular formula is C15H25NO5. The van der Waals surface area contributed by atoms with Crippen molar-refractivity contribution < 1.29 is 23.8 Å². The topological polar surface area (TPSA) is 65.1 Å². The Morgan fingerprint density at radius 1 is 1.10 bits per heavy atom. The second-order valence-corrected chi connectivity index (χ2v) is 4.68. The first-order chi connectivity index (χ1) is 10.2. The molecule has 0 atom stereocenters. The molecule has 6 nitrogen and oxygen atoms in total. The van der Waals surface area contributed by atoms with Gasteiger partial charge in [-0.15, -0.1) is 0 Å². The van der Waals surface area contributed by atoms with Gasteiger partial charge in [-0.3, -0.25) is 14.5 Å². The van der Waals surface area contributed by atoms with E-state index >= 15 is 0 Å². The molecule has 1 aliphatic rings. The number of hydrogen-bond donors (Lipinski definition) is 0. The molecular weight excluding hydrogens is 274 g/mol. The number of esters is 2. The zero-order valence-electron chi connectivity index (χ0n) is 12.9. The van der Waals surface area contributed by atoms with Crippen molar-refractivity contribution in [1.82, 2.24) is 4.90 Å². The highest BCUT2D eigenvalue weighted by Crippen LogP contribution is 2.10. The van der Waals surface area contributed by atoms with Crippen LogP contribution in [0.4, 0.5) is 0 Å². The number of ether oxygens (including phenoxy) is 3. The van der Waals surface area contributed by atoms with Crippen LogP contribution in [0.15, 0.2) is 12.2 Å². The molecule has 0 bridgehead atoms. The molecule has 0 N–H and O–H groups in total. The quantitative estimate of drug-likeness (QED) is 0.378. The summed E-state index contributed by atoms with van der Waals surface area (Å²) in [5.41, 5.74) is 0. The Hall–Kier alpha value is -1.40. The van der Waals surface area contributed by atoms with Crippen molar-refractivity contribution in [2.45, 2.75) is 20.3 Å². The van der Waals surface area contributed by atoms with E-state index in [1.807, 2.05) is 12.2 Å². The smallest absolute Gasteiger partial charge is 0.320 e. The first kappa shape index (κ1) is 17.7. The van der Waals surface area contributed by atoms with Gasteiger partial charge in [0.15, 0.2) is 5.92 Å². The zero-order chi connectivity index (χ0) is 15.5. The Morgan fingerprint density at radius 3 is 2.19 bits per heavy atom. The SMILES string of the molecule is CCOC(=O)C(C/C=C/CN1CCOCC1)C(=O)OCC. The van der Waals surface area contributed by atoms with Crippen molar-refractivity contribution in [3.63, 3.8) is 0 Å². The van der Waals surface area contributed by atoms with E-state index in [0.29, 0.717) is 6.42 Å². The largest absolute Gasteiger partial charge is 0.465 e. The van der Waals surface area contributed by atoms with Crippen molar-refractivity contribution in [2.24, 2.45) is 5.92 Å². The molecule has 1 aliphatic heterocycles. The molecule has 0 aromatic heterocycles. The fourth-order valence-electron chi connectivity index (χ4n) is 2.01. The van der Waals surface area contributed by atoms with Gasteiger partial charge in [-0.05, 0) is 20.3 Å². The third kappa shape index (κ3) is 6.73. The van der Waals surface area contributed by atoms with Gasteiger partial charge in [0.2, 0.25) is 0 Å². The maximum atomic E-state index is 11.8. The van der Waals surface area contributed by atoms with Crippen LogP contribution in [0, 0.1) is 5.92 Å². The number of carbonyl (C=O) groups is 2. The second-order valence-electron chi connectivity index (χ2n) is 4.68. The van der Waals surface area contributed by atoms with Crippen molar-refractivity contribution >= 4 is 11.9 Å². The Morgan fingerprint density at radius 2 is 1.67 bits per heavy atom. The van der Waals surface area contributed by atoms with Crippen molar-refractivity contribution in [3.05, 3.63) is 12.2 Å². The molecule has 0 saturated carbocycles. The average molecular weight is 299 g/mol. The second kappa shape index (κ2) is 10.3. The summed E-state index contributed by atoms with van der Waals surface area (Å²) in [6, 6.07) is 0. The predicted octanol–water partition coefficient (Wildman–Crippen LogP) is 1.01. The van der Waals surface area contributed by atoms with Gasteiger partial charge in [0, 0.05) is 19.6 Å². The Balaban J connectivity index is 2.43. The number of carbonyl (C=O) groups excluding carboxylic acids is 2. The minimum Gasteiger partial charge on any atom is -0.465 e. The van der Waals surface area contributed by atoms with Crippen LogP contribution in [-0.2, 0) is 23.8 Å². The van der Waals surface area contributed by atoms with Crippen molar-refractivity contribution in [2.75, 3.05) is 46.1 Å². The minimum atomic E-state index is -0.870. The zero-order valence-corrected chi connectivity index (χ0v) is 12.9. The number of morpholine rings is 1. The molecule has 0 aromatic rings. The molecule has 1 fully saturated rings. The van der Waals surface area contributed by atoms with Crippen LogP contribution in [0.25, 0.3) is 0 Å². The van der Waals surface area contributed by atoms with Crippen LogP contribution in [0.1, 0.15) is 20.3 Å². The highest BCUT2D eigenvalue weighted by atomic mass is 16.6. The molecule has 1 saturated heterocycles. The van der Waals surface area contributed by atoms with Gasteiger partial charge < -0.3 is 14.2 Å². The highest BCUT2D eigenvalue weighted by molar-refractivity contribution is 5.95. The summed E-state index contributed by atoms with van der Waals surface area (Å²) >= 11 is 0. The molecule has 0 spiro atoms. The fraction of sp³-hybridized carbons (Fsp3) is 0.733. The van der Waals surface area contributed by atoms with E-state index in [9.17, 15) is 9.59 Å². The molecule has 0 aliphatic carbocycles. The third-order valence-electron chi connectivity index (χ3n) is 3.15. The van der Waals surface area contributed by atoms with Gasteiger partial charge in [0.05, 0.1) is 26.4 Å². The Labute approximate surface area is 126 Å². The van der Waals surface area contributed by atoms with E-state index in [4.69, 9.17) is 14.2 Å². The van der Waals surface area contributed by atoms with E-state index in [1.54, 1.807) is 13.8 Å². The van der Waals surface area contributed by atoms with E-state index in [2.05, 4.69) is 4.90 Å². The average Bonchev–Trinajstić information content (AvgIpc) is 2.48. The summed E-state index contributed by atoms with van der Waals surface area (Å²) in [4.78, 5) is 25.8. The maximum absolute atomic E-state index is 11.8. The molecule has 1 rings (SSSR count). The monoisotopic (exact) mass is 299 g/mol. The molecule has 21 heavy (non-hydrogen) atoms. The summed E-state index contributed by atoms with van der Waals surface area (Å²) in [6.45, 7) is 8.06. The third-order valence-corrected chi connectivity index (χ3v) is 3.15. The normalized spacial score (nSPS) is 16.3. The van der Waals surface area contributed by atoms with Gasteiger partial charge in [-0.25, -0.2) is 0 Å². The molecule has 0 amide bonds. The predicted molar refractivity (Wildman–Crippen MR) is 77.8 cm³/mol. The molecule has 0 unspecified atom stereocenters. The molecule has 0 radical (unpaired) electrons. The lowest BCUT2D eigenvalue weighted by Crippen LogP contribution is -2.36. The Kier molecular flexibility index (Phi) is 8.69. The number of hydrogen-bond acceptors (Lipinski definition) is 6. The van der Waals surface area contributed by atoms with Gasteiger partial charge in [-0.1, -0.05) is 12.2 Å². The number of rotatable bonds is 8. The van der Waals surface area contributed by atoms with Crippen LogP contribution in [-0.4, -0.2) is 62.9 Å². The first-order valence-electron chi connectivity index (χ1n) is 7.47. The van der Waals surface area contributed by atoms with Gasteiger partial charge in [-0.2, -0.15) is 0 Å². The van der Waals surface area contributed by atoms with Gasteiger partial charge in [0.1, 0.15) is 0 Å². The Bertz CT molecular complexity index is 332. The lowest BCUT2D eigenvalue weighted by Gasteiger charge is -2.25. The first-order valence-corrected chi connectivity index (χ1v) is 7.47. The summed E-state index contributed by atoms with van der Waals surface area (Å²) in [6.07, 6.45) is 4.12. The van der Waals surface area contributed by atoms with E-state index < -0.39 is 17.9 Å². The molecule has 0 aromatic carbocycles. The number of allylic oxidation sites excluding steroid dienone is 1. The lowest BCUT2D eigenvalue weighted by molar-refractivity contribution is -0.161. The van der Waals surface area contributed by atoms with Crippen molar-refractivity contribution in [3.8, 4) is 0 Å². The summed E-state index contributed by atoms with van der Waals surface area (Å²) in [5, 5.41) is 0. The van der Waals surface area contributed by atoms with E-state index in [-0.39, 0.29) is 13.2 Å². The van der Waals surface area contributed by atoms with Crippen LogP contribution in [0.2, 0.25) is 0 Å². The summed E-state index contributed by atoms with van der Waals surface area (Å²) in [7, 11) is 0. The van der Waals surface area contributed by atoms with Crippen LogP contribution in [0.5, 0.6) is 0 Å². The minimum absolute atomic E-state index is 0.256. The van der Waals surface area contributed by atoms with Crippen LogP contribution in [0.3, 0.4) is 0 Å². The summed E-state index contributed by atoms with van der Waals surface area (Å²) in [5.74, 6) is -1.91. The standard InChI is InChI=1S/C15H25NO5/c1-3-20-14(17)13(15(18)21-4-2)7-5-6-8-16-9-11-19-12-10-16/h5-6,13H,3-4,7-12H2,1-2H3/b6-5+. The lowest BCUT2D eigenvalue weighted by atomic mass is 10.1. The highest BCUT2D eigenvalue weighted by Gasteiger charge is 2.28. The number of nitrogens with zero attached hydrogens (tertiary/aromatic N) is 1. The maximum Gasteiger partial charge on any atom is 0.320 e. The molecule has 1 heterocycles. The molecule has 6 heteroatoms.